The molecule has 0 saturated heterocycles. The number of ketones is 2. The van der Waals surface area contributed by atoms with Crippen molar-refractivity contribution in [1.82, 2.24) is 0 Å². The van der Waals surface area contributed by atoms with E-state index in [1.807, 2.05) is 0 Å². The number of fused-ring (bicyclic) bond motifs is 2. The second-order valence-electron chi connectivity index (χ2n) is 8.00. The normalized spacial score (nSPS) is 26.4. The molecule has 0 amide bonds. The number of hydrogen-bond donors (Lipinski definition) is 0. The van der Waals surface area contributed by atoms with Crippen LogP contribution in [-0.4, -0.2) is 17.1 Å². The quantitative estimate of drug-likeness (QED) is 0.464. The van der Waals surface area contributed by atoms with Crippen LogP contribution in [0.15, 0.2) is 60.7 Å². The van der Waals surface area contributed by atoms with Crippen LogP contribution in [0, 0.1) is 16.7 Å². The molecule has 0 N–H and O–H groups in total. The van der Waals surface area contributed by atoms with E-state index in [2.05, 4.69) is 0 Å². The van der Waals surface area contributed by atoms with Crippen molar-refractivity contribution >= 4 is 34.8 Å². The van der Waals surface area contributed by atoms with Crippen molar-refractivity contribution in [2.45, 2.75) is 26.7 Å². The Balaban J connectivity index is 1.98. The van der Waals surface area contributed by atoms with E-state index in [9.17, 15) is 18.9 Å². The van der Waals surface area contributed by atoms with E-state index in [1.54, 1.807) is 74.5 Å². The van der Waals surface area contributed by atoms with Crippen LogP contribution < -0.4 is 10.6 Å². The highest BCUT2D eigenvalue weighted by molar-refractivity contribution is 7.93. The van der Waals surface area contributed by atoms with Gasteiger partial charge in [0.2, 0.25) is 24.2 Å². The molecule has 0 aromatic heterocycles. The zero-order valence-corrected chi connectivity index (χ0v) is 16.2. The molecule has 2 fully saturated rings. The van der Waals surface area contributed by atoms with Crippen LogP contribution in [0.2, 0.25) is 0 Å². The van der Waals surface area contributed by atoms with Gasteiger partial charge in [0, 0.05) is 16.5 Å². The lowest BCUT2D eigenvalue weighted by molar-refractivity contribution is -0.145. The minimum absolute atomic E-state index is 0.289. The van der Waals surface area contributed by atoms with E-state index in [-0.39, 0.29) is 6.42 Å². The number of Topliss-reactive ketones (excluding diaryl/α,β-unsaturated/α-hetero) is 2. The summed E-state index contributed by atoms with van der Waals surface area (Å²) in [6.07, 6.45) is 0.782. The maximum absolute atomic E-state index is 14.4. The second-order valence-corrected chi connectivity index (χ2v) is 10.7. The number of rotatable bonds is 4. The standard InChI is InChI=1S/C22H21O4P/c1-21(2)17-13-14-22(21,19(24)18(17)23)20(25)27(26,15-9-5-3-6-10-15)16-11-7-4-8-12-16/h3-12,17H,13-14H2,1-2H3. The van der Waals surface area contributed by atoms with Gasteiger partial charge in [-0.25, -0.2) is 0 Å². The SMILES string of the molecule is CC1(C)C2CCC1(C(=O)P(=O)(c1ccccc1)c1ccccc1)C(=O)C2=O. The summed E-state index contributed by atoms with van der Waals surface area (Å²) in [4.78, 5) is 39.4. The highest BCUT2D eigenvalue weighted by Gasteiger charge is 2.74. The van der Waals surface area contributed by atoms with Gasteiger partial charge in [-0.1, -0.05) is 74.5 Å². The summed E-state index contributed by atoms with van der Waals surface area (Å²) >= 11 is 0. The molecule has 0 radical (unpaired) electrons. The first-order valence-electron chi connectivity index (χ1n) is 9.13. The minimum Gasteiger partial charge on any atom is -0.306 e. The van der Waals surface area contributed by atoms with E-state index >= 15 is 0 Å². The molecular weight excluding hydrogens is 359 g/mol. The number of carbonyl (C=O) groups is 3. The number of hydrogen-bond acceptors (Lipinski definition) is 4. The van der Waals surface area contributed by atoms with Crippen molar-refractivity contribution in [2.75, 3.05) is 0 Å². The van der Waals surface area contributed by atoms with Crippen LogP contribution in [-0.2, 0) is 18.9 Å². The molecule has 2 bridgehead atoms. The fourth-order valence-electron chi connectivity index (χ4n) is 4.98. The lowest BCUT2D eigenvalue weighted by atomic mass is 9.70. The number of carbonyl (C=O) groups excluding carboxylic acids is 3. The Morgan fingerprint density at radius 1 is 0.926 bits per heavy atom. The van der Waals surface area contributed by atoms with Gasteiger partial charge >= 0.3 is 0 Å². The second kappa shape index (κ2) is 5.84. The Hall–Kier alpha value is -2.32. The lowest BCUT2D eigenvalue weighted by Gasteiger charge is -2.36. The van der Waals surface area contributed by atoms with Crippen molar-refractivity contribution in [3.63, 3.8) is 0 Å². The Labute approximate surface area is 158 Å². The fraction of sp³-hybridized carbons (Fsp3) is 0.318. The summed E-state index contributed by atoms with van der Waals surface area (Å²) in [7, 11) is -3.78. The first-order valence-corrected chi connectivity index (χ1v) is 10.8. The Morgan fingerprint density at radius 2 is 1.41 bits per heavy atom. The summed E-state index contributed by atoms with van der Waals surface area (Å²) in [6.45, 7) is 3.59. The fourth-order valence-corrected chi connectivity index (χ4v) is 7.97. The molecule has 0 heterocycles. The maximum Gasteiger partial charge on any atom is 0.214 e. The topological polar surface area (TPSA) is 68.3 Å². The molecular formula is C22H21O4P. The van der Waals surface area contributed by atoms with Crippen molar-refractivity contribution in [3.05, 3.63) is 60.7 Å². The van der Waals surface area contributed by atoms with Gasteiger partial charge in [-0.3, -0.25) is 14.4 Å². The molecule has 2 atom stereocenters. The zero-order valence-electron chi connectivity index (χ0n) is 15.3. The highest BCUT2D eigenvalue weighted by atomic mass is 31.2. The molecule has 0 aliphatic heterocycles. The Bertz CT molecular complexity index is 950. The highest BCUT2D eigenvalue weighted by Crippen LogP contribution is 2.68. The first kappa shape index (κ1) is 18.1. The van der Waals surface area contributed by atoms with Crippen LogP contribution in [0.4, 0.5) is 0 Å². The molecule has 0 spiro atoms. The zero-order chi connectivity index (χ0) is 19.4. The molecule has 2 unspecified atom stereocenters. The summed E-state index contributed by atoms with van der Waals surface area (Å²) in [5.74, 6) is -1.60. The van der Waals surface area contributed by atoms with Gasteiger partial charge in [0.25, 0.3) is 0 Å². The van der Waals surface area contributed by atoms with Gasteiger partial charge in [0.1, 0.15) is 5.41 Å². The van der Waals surface area contributed by atoms with Crippen LogP contribution in [0.3, 0.4) is 0 Å². The molecule has 2 saturated carbocycles. The van der Waals surface area contributed by atoms with Gasteiger partial charge in [-0.15, -0.1) is 0 Å². The van der Waals surface area contributed by atoms with E-state index in [0.717, 1.165) is 0 Å². The van der Waals surface area contributed by atoms with Crippen LogP contribution in [0.1, 0.15) is 26.7 Å². The first-order chi connectivity index (χ1) is 12.8. The molecule has 4 nitrogen and oxygen atoms in total. The molecule has 2 aliphatic carbocycles. The van der Waals surface area contributed by atoms with Gasteiger partial charge in [-0.2, -0.15) is 0 Å². The number of benzene rings is 2. The average Bonchev–Trinajstić information content (AvgIpc) is 3.04. The van der Waals surface area contributed by atoms with Gasteiger partial charge in [0.05, 0.1) is 0 Å². The van der Waals surface area contributed by atoms with E-state index in [1.165, 1.54) is 0 Å². The van der Waals surface area contributed by atoms with Gasteiger partial charge < -0.3 is 4.57 Å². The largest absolute Gasteiger partial charge is 0.306 e. The average molecular weight is 380 g/mol. The monoisotopic (exact) mass is 380 g/mol. The Morgan fingerprint density at radius 3 is 1.81 bits per heavy atom. The van der Waals surface area contributed by atoms with E-state index in [0.29, 0.717) is 17.0 Å². The van der Waals surface area contributed by atoms with Gasteiger partial charge in [-0.05, 0) is 18.3 Å². The molecule has 138 valence electrons. The molecule has 2 aromatic rings. The molecule has 5 heteroatoms. The van der Waals surface area contributed by atoms with Crippen molar-refractivity contribution in [2.24, 2.45) is 16.7 Å². The van der Waals surface area contributed by atoms with E-state index < -0.39 is 41.0 Å². The van der Waals surface area contributed by atoms with Crippen LogP contribution in [0.5, 0.6) is 0 Å². The van der Waals surface area contributed by atoms with Crippen LogP contribution in [0.25, 0.3) is 0 Å². The predicted molar refractivity (Wildman–Crippen MR) is 104 cm³/mol. The summed E-state index contributed by atoms with van der Waals surface area (Å²) < 4.78 is 14.4. The smallest absolute Gasteiger partial charge is 0.214 e. The van der Waals surface area contributed by atoms with Crippen molar-refractivity contribution < 1.29 is 18.9 Å². The third-order valence-corrected chi connectivity index (χ3v) is 9.60. The van der Waals surface area contributed by atoms with Crippen molar-refractivity contribution in [3.8, 4) is 0 Å². The molecule has 27 heavy (non-hydrogen) atoms. The molecule has 4 rings (SSSR count). The summed E-state index contributed by atoms with van der Waals surface area (Å²) in [5, 5.41) is 0.809. The van der Waals surface area contributed by atoms with Crippen LogP contribution >= 0.6 is 7.14 Å². The van der Waals surface area contributed by atoms with Gasteiger partial charge in [0.15, 0.2) is 0 Å². The Kier molecular flexibility index (Phi) is 3.91. The molecule has 2 aliphatic rings. The predicted octanol–water partition coefficient (Wildman–Crippen LogP) is 3.10. The molecule has 2 aromatic carbocycles. The maximum atomic E-state index is 14.4. The summed E-state index contributed by atoms with van der Waals surface area (Å²) in [5.41, 5.74) is -2.91. The lowest BCUT2D eigenvalue weighted by Crippen LogP contribution is -2.46. The van der Waals surface area contributed by atoms with E-state index in [4.69, 9.17) is 0 Å². The minimum atomic E-state index is -3.78. The van der Waals surface area contributed by atoms with Crippen molar-refractivity contribution in [1.29, 1.82) is 0 Å². The summed E-state index contributed by atoms with van der Waals surface area (Å²) in [6, 6.07) is 17.2. The third-order valence-electron chi connectivity index (χ3n) is 6.60. The third kappa shape index (κ3) is 2.11.